The lowest BCUT2D eigenvalue weighted by Gasteiger charge is -2.47. The first-order valence-electron chi connectivity index (χ1n) is 5.18. The molecule has 0 spiro atoms. The van der Waals surface area contributed by atoms with E-state index in [1.54, 1.807) is 14.2 Å². The summed E-state index contributed by atoms with van der Waals surface area (Å²) in [6.45, 7) is 0.769. The molecule has 82 valence electrons. The lowest BCUT2D eigenvalue weighted by Crippen LogP contribution is -2.55. The SMILES string of the molecule is CO[C@H]1CC[C@@]2(OC)OCCC[C@@H]2O1. The van der Waals surface area contributed by atoms with Crippen molar-refractivity contribution in [2.24, 2.45) is 0 Å². The van der Waals surface area contributed by atoms with Gasteiger partial charge in [0.25, 0.3) is 0 Å². The summed E-state index contributed by atoms with van der Waals surface area (Å²) >= 11 is 0. The minimum absolute atomic E-state index is 0.0277. The van der Waals surface area contributed by atoms with Crippen LogP contribution in [0.5, 0.6) is 0 Å². The van der Waals surface area contributed by atoms with Gasteiger partial charge in [0.1, 0.15) is 6.10 Å². The van der Waals surface area contributed by atoms with Crippen LogP contribution in [0.3, 0.4) is 0 Å². The van der Waals surface area contributed by atoms with E-state index in [1.165, 1.54) is 0 Å². The zero-order valence-electron chi connectivity index (χ0n) is 8.82. The molecule has 2 aliphatic heterocycles. The summed E-state index contributed by atoms with van der Waals surface area (Å²) in [5, 5.41) is 0. The molecule has 0 aromatic carbocycles. The van der Waals surface area contributed by atoms with Crippen molar-refractivity contribution >= 4 is 0 Å². The Balaban J connectivity index is 2.05. The predicted molar refractivity (Wildman–Crippen MR) is 49.8 cm³/mol. The third-order valence-electron chi connectivity index (χ3n) is 3.10. The van der Waals surface area contributed by atoms with Crippen molar-refractivity contribution in [3.63, 3.8) is 0 Å². The molecule has 0 amide bonds. The molecule has 14 heavy (non-hydrogen) atoms. The van der Waals surface area contributed by atoms with Crippen LogP contribution in [0.15, 0.2) is 0 Å². The van der Waals surface area contributed by atoms with Gasteiger partial charge in [-0.2, -0.15) is 0 Å². The van der Waals surface area contributed by atoms with E-state index in [0.29, 0.717) is 0 Å². The first-order valence-corrected chi connectivity index (χ1v) is 5.18. The second-order valence-electron chi connectivity index (χ2n) is 3.84. The summed E-state index contributed by atoms with van der Waals surface area (Å²) in [6, 6.07) is 0. The minimum atomic E-state index is -0.507. The third-order valence-corrected chi connectivity index (χ3v) is 3.10. The zero-order valence-corrected chi connectivity index (χ0v) is 8.82. The summed E-state index contributed by atoms with van der Waals surface area (Å²) in [5.74, 6) is -0.507. The Bertz CT molecular complexity index is 197. The normalized spacial score (nSPS) is 43.3. The van der Waals surface area contributed by atoms with Gasteiger partial charge in [-0.25, -0.2) is 0 Å². The van der Waals surface area contributed by atoms with Gasteiger partial charge in [0, 0.05) is 27.1 Å². The highest BCUT2D eigenvalue weighted by atomic mass is 16.7. The quantitative estimate of drug-likeness (QED) is 0.676. The molecule has 2 aliphatic rings. The van der Waals surface area contributed by atoms with Crippen LogP contribution in [-0.4, -0.2) is 39.0 Å². The Morgan fingerprint density at radius 1 is 1.29 bits per heavy atom. The zero-order chi connectivity index (χ0) is 10.0. The molecule has 0 bridgehead atoms. The van der Waals surface area contributed by atoms with Crippen LogP contribution >= 0.6 is 0 Å². The van der Waals surface area contributed by atoms with Crippen LogP contribution in [0, 0.1) is 0 Å². The van der Waals surface area contributed by atoms with E-state index in [2.05, 4.69) is 0 Å². The third kappa shape index (κ3) is 1.67. The van der Waals surface area contributed by atoms with Gasteiger partial charge in [-0.05, 0) is 12.8 Å². The van der Waals surface area contributed by atoms with E-state index >= 15 is 0 Å². The summed E-state index contributed by atoms with van der Waals surface area (Å²) < 4.78 is 22.1. The molecule has 2 rings (SSSR count). The van der Waals surface area contributed by atoms with Crippen LogP contribution in [0.1, 0.15) is 25.7 Å². The van der Waals surface area contributed by atoms with E-state index in [1.807, 2.05) is 0 Å². The number of fused-ring (bicyclic) bond motifs is 1. The van der Waals surface area contributed by atoms with Gasteiger partial charge in [-0.3, -0.25) is 0 Å². The van der Waals surface area contributed by atoms with Gasteiger partial charge in [-0.15, -0.1) is 0 Å². The molecule has 0 aromatic heterocycles. The van der Waals surface area contributed by atoms with Crippen molar-refractivity contribution in [2.75, 3.05) is 20.8 Å². The standard InChI is InChI=1S/C10H18O4/c1-11-9-5-6-10(12-2)8(14-9)4-3-7-13-10/h8-9H,3-7H2,1-2H3/t8-,9+,10+/m0/s1. The summed E-state index contributed by atoms with van der Waals surface area (Å²) in [4.78, 5) is 0. The van der Waals surface area contributed by atoms with Gasteiger partial charge in [0.2, 0.25) is 0 Å². The summed E-state index contributed by atoms with van der Waals surface area (Å²) in [7, 11) is 3.36. The van der Waals surface area contributed by atoms with Crippen LogP contribution in [0.4, 0.5) is 0 Å². The van der Waals surface area contributed by atoms with Gasteiger partial charge >= 0.3 is 0 Å². The minimum Gasteiger partial charge on any atom is -0.356 e. The van der Waals surface area contributed by atoms with Crippen molar-refractivity contribution in [3.8, 4) is 0 Å². The maximum Gasteiger partial charge on any atom is 0.194 e. The van der Waals surface area contributed by atoms with Gasteiger partial charge < -0.3 is 18.9 Å². The molecule has 0 aliphatic carbocycles. The molecule has 3 atom stereocenters. The molecule has 4 heteroatoms. The number of ether oxygens (including phenoxy) is 4. The molecule has 0 unspecified atom stereocenters. The predicted octanol–water partition coefficient (Wildman–Crippen LogP) is 1.29. The Morgan fingerprint density at radius 2 is 2.14 bits per heavy atom. The first kappa shape index (κ1) is 10.4. The Labute approximate surface area is 84.5 Å². The van der Waals surface area contributed by atoms with E-state index in [4.69, 9.17) is 18.9 Å². The summed E-state index contributed by atoms with van der Waals surface area (Å²) in [6.07, 6.45) is 3.65. The smallest absolute Gasteiger partial charge is 0.194 e. The highest BCUT2D eigenvalue weighted by Gasteiger charge is 2.47. The highest BCUT2D eigenvalue weighted by Crippen LogP contribution is 2.38. The second kappa shape index (κ2) is 4.14. The molecule has 0 saturated carbocycles. The molecule has 0 N–H and O–H groups in total. The Hall–Kier alpha value is -0.160. The van der Waals surface area contributed by atoms with Crippen molar-refractivity contribution in [2.45, 2.75) is 43.9 Å². The summed E-state index contributed by atoms with van der Waals surface area (Å²) in [5.41, 5.74) is 0. The van der Waals surface area contributed by atoms with Gasteiger partial charge in [0.15, 0.2) is 12.1 Å². The van der Waals surface area contributed by atoms with Gasteiger partial charge in [-0.1, -0.05) is 0 Å². The average Bonchev–Trinajstić information content (AvgIpc) is 2.28. The fourth-order valence-electron chi connectivity index (χ4n) is 2.27. The van der Waals surface area contributed by atoms with Gasteiger partial charge in [0.05, 0.1) is 6.61 Å². The topological polar surface area (TPSA) is 36.9 Å². The molecule has 0 radical (unpaired) electrons. The fourth-order valence-corrected chi connectivity index (χ4v) is 2.27. The Morgan fingerprint density at radius 3 is 2.86 bits per heavy atom. The average molecular weight is 202 g/mol. The van der Waals surface area contributed by atoms with E-state index in [9.17, 15) is 0 Å². The largest absolute Gasteiger partial charge is 0.356 e. The van der Waals surface area contributed by atoms with Crippen LogP contribution in [-0.2, 0) is 18.9 Å². The highest BCUT2D eigenvalue weighted by molar-refractivity contribution is 4.88. The van der Waals surface area contributed by atoms with E-state index in [-0.39, 0.29) is 12.4 Å². The van der Waals surface area contributed by atoms with Crippen molar-refractivity contribution in [3.05, 3.63) is 0 Å². The molecule has 2 heterocycles. The first-order chi connectivity index (χ1) is 6.80. The van der Waals surface area contributed by atoms with E-state index < -0.39 is 5.79 Å². The van der Waals surface area contributed by atoms with Crippen molar-refractivity contribution < 1.29 is 18.9 Å². The maximum atomic E-state index is 5.76. The van der Waals surface area contributed by atoms with E-state index in [0.717, 1.165) is 32.3 Å². The molecular weight excluding hydrogens is 184 g/mol. The molecule has 4 nitrogen and oxygen atoms in total. The number of rotatable bonds is 2. The van der Waals surface area contributed by atoms with Crippen LogP contribution in [0.25, 0.3) is 0 Å². The number of hydrogen-bond donors (Lipinski definition) is 0. The molecule has 2 saturated heterocycles. The second-order valence-corrected chi connectivity index (χ2v) is 3.84. The maximum absolute atomic E-state index is 5.76. The van der Waals surface area contributed by atoms with Crippen LogP contribution < -0.4 is 0 Å². The Kier molecular flexibility index (Phi) is 3.07. The molecular formula is C10H18O4. The monoisotopic (exact) mass is 202 g/mol. The lowest BCUT2D eigenvalue weighted by atomic mass is 9.94. The number of methoxy groups -OCH3 is 2. The van der Waals surface area contributed by atoms with Crippen molar-refractivity contribution in [1.29, 1.82) is 0 Å². The number of hydrogen-bond acceptors (Lipinski definition) is 4. The molecule has 0 aromatic rings. The molecule has 2 fully saturated rings. The lowest BCUT2D eigenvalue weighted by molar-refractivity contribution is -0.353. The van der Waals surface area contributed by atoms with Crippen molar-refractivity contribution in [1.82, 2.24) is 0 Å². The fraction of sp³-hybridized carbons (Fsp3) is 1.00. The van der Waals surface area contributed by atoms with Crippen LogP contribution in [0.2, 0.25) is 0 Å².